The first-order chi connectivity index (χ1) is 8.91. The van der Waals surface area contributed by atoms with Gasteiger partial charge in [-0.15, -0.1) is 0 Å². The van der Waals surface area contributed by atoms with Crippen molar-refractivity contribution in [3.8, 4) is 11.4 Å². The minimum Gasteiger partial charge on any atom is -0.336 e. The van der Waals surface area contributed by atoms with Crippen molar-refractivity contribution in [1.29, 1.82) is 0 Å². The Balaban J connectivity index is 2.40. The fourth-order valence-corrected chi connectivity index (χ4v) is 2.28. The molecule has 9 heteroatoms. The van der Waals surface area contributed by atoms with E-state index in [1.165, 1.54) is 12.1 Å². The number of nitrogens with zero attached hydrogens (tertiary/aromatic N) is 2. The summed E-state index contributed by atoms with van der Waals surface area (Å²) >= 11 is 1.67. The zero-order valence-electron chi connectivity index (χ0n) is 9.63. The Hall–Kier alpha value is -1.07. The predicted molar refractivity (Wildman–Crippen MR) is 71.6 cm³/mol. The second kappa shape index (κ2) is 5.51. The maximum Gasteiger partial charge on any atom is 0.254 e. The molecule has 0 aliphatic rings. The molecule has 0 saturated heterocycles. The normalized spacial score (nSPS) is 11.7. The molecule has 0 aliphatic carbocycles. The van der Waals surface area contributed by atoms with Crippen LogP contribution in [0, 0.1) is 5.82 Å². The fraction of sp³-hybridized carbons (Fsp3) is 0.200. The lowest BCUT2D eigenvalue weighted by Crippen LogP contribution is -1.98. The molecule has 2 aromatic rings. The highest BCUT2D eigenvalue weighted by molar-refractivity contribution is 14.1. The highest BCUT2D eigenvalue weighted by atomic mass is 127. The van der Waals surface area contributed by atoms with Crippen molar-refractivity contribution in [2.45, 2.75) is 11.5 Å². The smallest absolute Gasteiger partial charge is 0.254 e. The number of sulfone groups is 1. The van der Waals surface area contributed by atoms with Crippen LogP contribution in [0.5, 0.6) is 0 Å². The van der Waals surface area contributed by atoms with Gasteiger partial charge in [0.1, 0.15) is 35.4 Å². The monoisotopic (exact) mass is 398 g/mol. The maximum atomic E-state index is 13.8. The molecule has 102 valence electrons. The van der Waals surface area contributed by atoms with Crippen molar-refractivity contribution in [3.63, 3.8) is 0 Å². The quantitative estimate of drug-likeness (QED) is 0.735. The Morgan fingerprint density at radius 3 is 2.79 bits per heavy atom. The van der Waals surface area contributed by atoms with Gasteiger partial charge in [-0.05, 0) is 18.2 Å². The van der Waals surface area contributed by atoms with Crippen molar-refractivity contribution in [3.05, 3.63) is 29.9 Å². The first-order valence-electron chi connectivity index (χ1n) is 4.98. The first-order valence-corrected chi connectivity index (χ1v) is 7.75. The Bertz CT molecular complexity index is 701. The third-order valence-electron chi connectivity index (χ3n) is 2.26. The van der Waals surface area contributed by atoms with Crippen molar-refractivity contribution in [2.24, 2.45) is 0 Å². The molecule has 1 aromatic carbocycles. The molecule has 0 spiro atoms. The van der Waals surface area contributed by atoms with Crippen LogP contribution in [0.4, 0.5) is 4.39 Å². The Labute approximate surface area is 122 Å². The van der Waals surface area contributed by atoms with Gasteiger partial charge in [0, 0.05) is 6.26 Å². The minimum absolute atomic E-state index is 0.0426. The van der Waals surface area contributed by atoms with E-state index in [4.69, 9.17) is 7.59 Å². The Kier molecular flexibility index (Phi) is 4.16. The number of hydrogen-bond donors (Lipinski definition) is 0. The number of rotatable bonds is 4. The number of hydrogen-bond acceptors (Lipinski definition) is 6. The molecule has 0 radical (unpaired) electrons. The summed E-state index contributed by atoms with van der Waals surface area (Å²) in [6, 6.07) is 3.51. The van der Waals surface area contributed by atoms with Crippen LogP contribution in [0.15, 0.2) is 27.6 Å². The van der Waals surface area contributed by atoms with Crippen LogP contribution in [0.25, 0.3) is 11.4 Å². The summed E-state index contributed by atoms with van der Waals surface area (Å²) in [6.45, 7) is 0.108. The van der Waals surface area contributed by atoms with Crippen LogP contribution in [-0.2, 0) is 19.5 Å². The van der Waals surface area contributed by atoms with E-state index in [2.05, 4.69) is 10.1 Å². The average molecular weight is 398 g/mol. The van der Waals surface area contributed by atoms with Crippen molar-refractivity contribution in [1.82, 2.24) is 10.1 Å². The molecule has 0 unspecified atom stereocenters. The largest absolute Gasteiger partial charge is 0.336 e. The number of aromatic nitrogens is 2. The van der Waals surface area contributed by atoms with E-state index < -0.39 is 15.7 Å². The Morgan fingerprint density at radius 2 is 2.21 bits per heavy atom. The van der Waals surface area contributed by atoms with Crippen molar-refractivity contribution >= 4 is 32.8 Å². The van der Waals surface area contributed by atoms with Crippen LogP contribution < -0.4 is 0 Å². The molecule has 0 saturated carbocycles. The van der Waals surface area contributed by atoms with Gasteiger partial charge in [0.15, 0.2) is 9.84 Å². The Morgan fingerprint density at radius 1 is 1.47 bits per heavy atom. The summed E-state index contributed by atoms with van der Waals surface area (Å²) < 4.78 is 46.0. The molecule has 0 amide bonds. The highest BCUT2D eigenvalue weighted by Crippen LogP contribution is 2.23. The van der Waals surface area contributed by atoms with Crippen LogP contribution in [0.3, 0.4) is 0 Å². The van der Waals surface area contributed by atoms with Crippen LogP contribution in [0.2, 0.25) is 0 Å². The summed E-state index contributed by atoms with van der Waals surface area (Å²) in [5.74, 6) is -0.484. The summed E-state index contributed by atoms with van der Waals surface area (Å²) in [5.41, 5.74) is 0.0656. The van der Waals surface area contributed by atoms with Gasteiger partial charge in [-0.3, -0.25) is 0 Å². The second-order valence-electron chi connectivity index (χ2n) is 3.68. The van der Waals surface area contributed by atoms with E-state index in [0.717, 1.165) is 12.3 Å². The van der Waals surface area contributed by atoms with E-state index >= 15 is 0 Å². The lowest BCUT2D eigenvalue weighted by atomic mass is 10.2. The van der Waals surface area contributed by atoms with E-state index in [1.807, 2.05) is 0 Å². The summed E-state index contributed by atoms with van der Waals surface area (Å²) in [5, 5.41) is 3.60. The molecular weight excluding hydrogens is 390 g/mol. The third-order valence-corrected chi connectivity index (χ3v) is 3.68. The number of benzene rings is 1. The lowest BCUT2D eigenvalue weighted by Gasteiger charge is -2.01. The van der Waals surface area contributed by atoms with E-state index in [0.29, 0.717) is 0 Å². The highest BCUT2D eigenvalue weighted by Gasteiger charge is 2.16. The average Bonchev–Trinajstić information content (AvgIpc) is 2.76. The molecule has 0 fully saturated rings. The van der Waals surface area contributed by atoms with Crippen LogP contribution >= 0.6 is 23.0 Å². The summed E-state index contributed by atoms with van der Waals surface area (Å²) in [6.07, 6.45) is 1.01. The van der Waals surface area contributed by atoms with Gasteiger partial charge in [0.2, 0.25) is 5.82 Å². The molecule has 0 bridgehead atoms. The topological polar surface area (TPSA) is 82.3 Å². The van der Waals surface area contributed by atoms with Gasteiger partial charge in [-0.1, -0.05) is 5.16 Å². The number of halogens is 2. The fourth-order valence-electron chi connectivity index (χ4n) is 1.38. The maximum absolute atomic E-state index is 13.8. The van der Waals surface area contributed by atoms with Crippen molar-refractivity contribution in [2.75, 3.05) is 6.26 Å². The SMILES string of the molecule is CS(=O)(=O)c1ccc(-c2noc(COI)n2)c(F)c1. The second-order valence-corrected chi connectivity index (χ2v) is 6.32. The summed E-state index contributed by atoms with van der Waals surface area (Å²) in [4.78, 5) is 3.82. The van der Waals surface area contributed by atoms with Gasteiger partial charge in [0.05, 0.1) is 10.5 Å². The zero-order valence-corrected chi connectivity index (χ0v) is 12.6. The van der Waals surface area contributed by atoms with Crippen LogP contribution in [-0.4, -0.2) is 24.8 Å². The molecule has 1 aromatic heterocycles. The first kappa shape index (κ1) is 14.3. The van der Waals surface area contributed by atoms with Gasteiger partial charge in [-0.25, -0.2) is 12.8 Å². The summed E-state index contributed by atoms with van der Waals surface area (Å²) in [7, 11) is -3.45. The van der Waals surface area contributed by atoms with Crippen LogP contribution in [0.1, 0.15) is 5.89 Å². The lowest BCUT2D eigenvalue weighted by molar-refractivity contribution is 0.299. The van der Waals surface area contributed by atoms with Gasteiger partial charge in [0.25, 0.3) is 5.89 Å². The molecule has 0 atom stereocenters. The molecule has 0 N–H and O–H groups in total. The molecule has 2 rings (SSSR count). The standard InChI is InChI=1S/C10H8FIN2O4S/c1-19(15,16)6-2-3-7(8(11)4-6)10-13-9(5-17-12)18-14-10/h2-4H,5H2,1H3. The molecular formula is C10H8FIN2O4S. The minimum atomic E-state index is -3.45. The third kappa shape index (κ3) is 3.28. The van der Waals surface area contributed by atoms with Gasteiger partial charge in [-0.2, -0.15) is 4.98 Å². The van der Waals surface area contributed by atoms with E-state index in [1.54, 1.807) is 23.0 Å². The molecule has 6 nitrogen and oxygen atoms in total. The predicted octanol–water partition coefficient (Wildman–Crippen LogP) is 2.15. The van der Waals surface area contributed by atoms with E-state index in [-0.39, 0.29) is 28.8 Å². The van der Waals surface area contributed by atoms with E-state index in [9.17, 15) is 12.8 Å². The van der Waals surface area contributed by atoms with Gasteiger partial charge < -0.3 is 7.59 Å². The van der Waals surface area contributed by atoms with Gasteiger partial charge >= 0.3 is 0 Å². The molecule has 19 heavy (non-hydrogen) atoms. The molecule has 0 aliphatic heterocycles. The zero-order chi connectivity index (χ0) is 14.0. The van der Waals surface area contributed by atoms with Crippen molar-refractivity contribution < 1.29 is 20.4 Å². The molecule has 1 heterocycles.